The SMILES string of the molecule is CNC(=O)C(C)Nc1cc(C(N)=O)c(N)cc1F. The Kier molecular flexibility index (Phi) is 4.09. The molecule has 18 heavy (non-hydrogen) atoms. The second-order valence-corrected chi connectivity index (χ2v) is 3.76. The van der Waals surface area contributed by atoms with Gasteiger partial charge in [0, 0.05) is 12.7 Å². The smallest absolute Gasteiger partial charge is 0.250 e. The second-order valence-electron chi connectivity index (χ2n) is 3.76. The van der Waals surface area contributed by atoms with Crippen LogP contribution in [0.4, 0.5) is 15.8 Å². The zero-order chi connectivity index (χ0) is 13.9. The summed E-state index contributed by atoms with van der Waals surface area (Å²) in [4.78, 5) is 22.4. The van der Waals surface area contributed by atoms with E-state index in [0.717, 1.165) is 6.07 Å². The standard InChI is InChI=1S/C11H15FN4O2/c1-5(11(18)15-2)16-9-3-6(10(14)17)8(13)4-7(9)12/h3-5,16H,13H2,1-2H3,(H2,14,17)(H,15,18). The first-order chi connectivity index (χ1) is 8.36. The molecular formula is C11H15FN4O2. The van der Waals surface area contributed by atoms with Crippen LogP contribution in [-0.2, 0) is 4.79 Å². The molecule has 7 heteroatoms. The maximum Gasteiger partial charge on any atom is 0.250 e. The third kappa shape index (κ3) is 2.88. The minimum Gasteiger partial charge on any atom is -0.398 e. The molecule has 0 aromatic heterocycles. The molecular weight excluding hydrogens is 239 g/mol. The number of hydrogen-bond acceptors (Lipinski definition) is 4. The van der Waals surface area contributed by atoms with Crippen molar-refractivity contribution in [3.63, 3.8) is 0 Å². The van der Waals surface area contributed by atoms with E-state index in [1.165, 1.54) is 13.1 Å². The Morgan fingerprint density at radius 3 is 2.50 bits per heavy atom. The predicted molar refractivity (Wildman–Crippen MR) is 66.5 cm³/mol. The molecule has 1 atom stereocenters. The number of carbonyl (C=O) groups excluding carboxylic acids is 2. The van der Waals surface area contributed by atoms with Crippen molar-refractivity contribution in [2.24, 2.45) is 5.73 Å². The molecule has 6 nitrogen and oxygen atoms in total. The van der Waals surface area contributed by atoms with E-state index < -0.39 is 17.8 Å². The molecule has 0 radical (unpaired) electrons. The van der Waals surface area contributed by atoms with Gasteiger partial charge >= 0.3 is 0 Å². The molecule has 6 N–H and O–H groups in total. The van der Waals surface area contributed by atoms with Crippen LogP contribution in [0.1, 0.15) is 17.3 Å². The third-order valence-electron chi connectivity index (χ3n) is 2.42. The minimum absolute atomic E-state index is 0.00278. The largest absolute Gasteiger partial charge is 0.398 e. The zero-order valence-electron chi connectivity index (χ0n) is 10.1. The third-order valence-corrected chi connectivity index (χ3v) is 2.42. The Labute approximate surface area is 104 Å². The van der Waals surface area contributed by atoms with Crippen LogP contribution in [-0.4, -0.2) is 24.9 Å². The fourth-order valence-electron chi connectivity index (χ4n) is 1.43. The van der Waals surface area contributed by atoms with Crippen LogP contribution in [0.5, 0.6) is 0 Å². The lowest BCUT2D eigenvalue weighted by Crippen LogP contribution is -2.35. The average molecular weight is 254 g/mol. The van der Waals surface area contributed by atoms with Gasteiger partial charge in [-0.3, -0.25) is 9.59 Å². The second kappa shape index (κ2) is 5.35. The van der Waals surface area contributed by atoms with Crippen molar-refractivity contribution >= 4 is 23.2 Å². The summed E-state index contributed by atoms with van der Waals surface area (Å²) >= 11 is 0. The minimum atomic E-state index is -0.761. The fourth-order valence-corrected chi connectivity index (χ4v) is 1.43. The number of anilines is 2. The molecule has 0 aliphatic carbocycles. The molecule has 0 bridgehead atoms. The van der Waals surface area contributed by atoms with Crippen LogP contribution in [0.25, 0.3) is 0 Å². The molecule has 1 rings (SSSR count). The van der Waals surface area contributed by atoms with Gasteiger partial charge in [0.2, 0.25) is 5.91 Å². The molecule has 0 spiro atoms. The molecule has 2 amide bonds. The van der Waals surface area contributed by atoms with Gasteiger partial charge in [-0.25, -0.2) is 4.39 Å². The highest BCUT2D eigenvalue weighted by molar-refractivity contribution is 5.99. The number of benzene rings is 1. The summed E-state index contributed by atoms with van der Waals surface area (Å²) in [6, 6.07) is 1.51. The van der Waals surface area contributed by atoms with Crippen molar-refractivity contribution in [1.82, 2.24) is 5.32 Å². The van der Waals surface area contributed by atoms with E-state index in [-0.39, 0.29) is 22.8 Å². The molecule has 1 unspecified atom stereocenters. The van der Waals surface area contributed by atoms with Gasteiger partial charge in [0.15, 0.2) is 0 Å². The average Bonchev–Trinajstić information content (AvgIpc) is 2.30. The van der Waals surface area contributed by atoms with Crippen molar-refractivity contribution in [2.75, 3.05) is 18.1 Å². The van der Waals surface area contributed by atoms with E-state index in [2.05, 4.69) is 10.6 Å². The molecule has 0 saturated carbocycles. The number of hydrogen-bond donors (Lipinski definition) is 4. The number of carbonyl (C=O) groups is 2. The van der Waals surface area contributed by atoms with E-state index in [1.807, 2.05) is 0 Å². The van der Waals surface area contributed by atoms with Crippen LogP contribution >= 0.6 is 0 Å². The summed E-state index contributed by atoms with van der Waals surface area (Å²) in [5.41, 5.74) is 10.5. The number of rotatable bonds is 4. The van der Waals surface area contributed by atoms with Gasteiger partial charge in [-0.2, -0.15) is 0 Å². The van der Waals surface area contributed by atoms with Crippen molar-refractivity contribution in [3.05, 3.63) is 23.5 Å². The zero-order valence-corrected chi connectivity index (χ0v) is 10.1. The number of nitrogens with one attached hydrogen (secondary N) is 2. The van der Waals surface area contributed by atoms with E-state index in [4.69, 9.17) is 11.5 Å². The van der Waals surface area contributed by atoms with Crippen molar-refractivity contribution in [3.8, 4) is 0 Å². The number of likely N-dealkylation sites (N-methyl/N-ethyl adjacent to an activating group) is 1. The van der Waals surface area contributed by atoms with E-state index in [0.29, 0.717) is 0 Å². The van der Waals surface area contributed by atoms with Crippen LogP contribution < -0.4 is 22.1 Å². The van der Waals surface area contributed by atoms with Crippen LogP contribution in [0.3, 0.4) is 0 Å². The summed E-state index contributed by atoms with van der Waals surface area (Å²) in [5, 5.41) is 5.05. The van der Waals surface area contributed by atoms with E-state index in [1.54, 1.807) is 6.92 Å². The van der Waals surface area contributed by atoms with Gasteiger partial charge in [0.1, 0.15) is 11.9 Å². The summed E-state index contributed by atoms with van der Waals surface area (Å²) < 4.78 is 13.6. The van der Waals surface area contributed by atoms with Gasteiger partial charge in [0.25, 0.3) is 5.91 Å². The lowest BCUT2D eigenvalue weighted by Gasteiger charge is -2.15. The van der Waals surface area contributed by atoms with Gasteiger partial charge in [-0.15, -0.1) is 0 Å². The number of nitrogens with two attached hydrogens (primary N) is 2. The quantitative estimate of drug-likeness (QED) is 0.569. The van der Waals surface area contributed by atoms with Gasteiger partial charge in [-0.05, 0) is 19.1 Å². The molecule has 1 aromatic carbocycles. The first kappa shape index (κ1) is 13.8. The summed E-state index contributed by atoms with van der Waals surface area (Å²) in [5.74, 6) is -1.73. The fraction of sp³-hybridized carbons (Fsp3) is 0.273. The predicted octanol–water partition coefficient (Wildman–Crippen LogP) is 0.0532. The Bertz CT molecular complexity index is 490. The molecule has 98 valence electrons. The molecule has 0 aliphatic heterocycles. The number of halogens is 1. The van der Waals surface area contributed by atoms with Crippen molar-refractivity contribution in [2.45, 2.75) is 13.0 Å². The van der Waals surface area contributed by atoms with E-state index in [9.17, 15) is 14.0 Å². The summed E-state index contributed by atoms with van der Waals surface area (Å²) in [7, 11) is 1.47. The lowest BCUT2D eigenvalue weighted by atomic mass is 10.1. The number of nitrogen functional groups attached to an aromatic ring is 1. The van der Waals surface area contributed by atoms with Crippen LogP contribution in [0, 0.1) is 5.82 Å². The monoisotopic (exact) mass is 254 g/mol. The van der Waals surface area contributed by atoms with Crippen molar-refractivity contribution < 1.29 is 14.0 Å². The lowest BCUT2D eigenvalue weighted by molar-refractivity contribution is -0.121. The number of primary amides is 1. The highest BCUT2D eigenvalue weighted by Crippen LogP contribution is 2.22. The molecule has 0 saturated heterocycles. The maximum atomic E-state index is 13.6. The van der Waals surface area contributed by atoms with Gasteiger partial charge < -0.3 is 22.1 Å². The van der Waals surface area contributed by atoms with Crippen LogP contribution in [0.15, 0.2) is 12.1 Å². The Morgan fingerprint density at radius 2 is 2.00 bits per heavy atom. The normalized spacial score (nSPS) is 11.7. The maximum absolute atomic E-state index is 13.6. The number of amides is 2. The molecule has 0 heterocycles. The summed E-state index contributed by atoms with van der Waals surface area (Å²) in [6.07, 6.45) is 0. The van der Waals surface area contributed by atoms with Gasteiger partial charge in [0.05, 0.1) is 11.3 Å². The van der Waals surface area contributed by atoms with E-state index >= 15 is 0 Å². The van der Waals surface area contributed by atoms with Crippen molar-refractivity contribution in [1.29, 1.82) is 0 Å². The first-order valence-electron chi connectivity index (χ1n) is 5.23. The molecule has 1 aromatic rings. The molecule has 0 fully saturated rings. The Balaban J connectivity index is 3.06. The Hall–Kier alpha value is -2.31. The first-order valence-corrected chi connectivity index (χ1v) is 5.23. The highest BCUT2D eigenvalue weighted by Gasteiger charge is 2.16. The van der Waals surface area contributed by atoms with Gasteiger partial charge in [-0.1, -0.05) is 0 Å². The Morgan fingerprint density at radius 1 is 1.39 bits per heavy atom. The summed E-state index contributed by atoms with van der Waals surface area (Å²) in [6.45, 7) is 1.55. The highest BCUT2D eigenvalue weighted by atomic mass is 19.1. The topological polar surface area (TPSA) is 110 Å². The van der Waals surface area contributed by atoms with Crippen LogP contribution in [0.2, 0.25) is 0 Å². The molecule has 0 aliphatic rings.